The lowest BCUT2D eigenvalue weighted by molar-refractivity contribution is -0.127. The first-order valence-electron chi connectivity index (χ1n) is 11.3. The molecule has 34 heavy (non-hydrogen) atoms. The summed E-state index contributed by atoms with van der Waals surface area (Å²) in [6.07, 6.45) is 7.17. The van der Waals surface area contributed by atoms with Crippen LogP contribution in [0.5, 0.6) is 0 Å². The number of nitrogens with one attached hydrogen (secondary N) is 1. The molecule has 9 heteroatoms. The molecule has 1 unspecified atom stereocenters. The van der Waals surface area contributed by atoms with Gasteiger partial charge in [0.2, 0.25) is 17.6 Å². The summed E-state index contributed by atoms with van der Waals surface area (Å²) in [6, 6.07) is 14.0. The zero-order valence-electron chi connectivity index (χ0n) is 18.6. The summed E-state index contributed by atoms with van der Waals surface area (Å²) in [5, 5.41) is 7.07. The number of likely N-dealkylation sites (tertiary alicyclic amines) is 1. The van der Waals surface area contributed by atoms with Crippen molar-refractivity contribution in [3.8, 4) is 17.1 Å². The molecule has 5 rings (SSSR count). The molecule has 2 aromatic heterocycles. The summed E-state index contributed by atoms with van der Waals surface area (Å²) in [5.74, 6) is 0.578. The molecule has 0 saturated carbocycles. The Balaban J connectivity index is 1.13. The number of carbonyl (C=O) groups is 1. The number of aromatic nitrogens is 4. The molecule has 1 aliphatic heterocycles. The molecule has 8 nitrogen and oxygen atoms in total. The van der Waals surface area contributed by atoms with Crippen LogP contribution in [0.15, 0.2) is 71.8 Å². The third-order valence-corrected chi connectivity index (χ3v) is 6.01. The van der Waals surface area contributed by atoms with Crippen LogP contribution in [0, 0.1) is 11.7 Å². The normalized spacial score (nSPS) is 16.4. The van der Waals surface area contributed by atoms with Gasteiger partial charge in [0, 0.05) is 36.7 Å². The van der Waals surface area contributed by atoms with Crippen LogP contribution in [-0.4, -0.2) is 43.6 Å². The number of imidazole rings is 1. The maximum Gasteiger partial charge on any atom is 0.241 e. The van der Waals surface area contributed by atoms with E-state index in [4.69, 9.17) is 4.52 Å². The number of hydrogen-bond acceptors (Lipinski definition) is 6. The Morgan fingerprint density at radius 1 is 1.15 bits per heavy atom. The fourth-order valence-corrected chi connectivity index (χ4v) is 4.17. The number of piperidine rings is 1. The lowest BCUT2D eigenvalue weighted by atomic mass is 9.97. The number of benzene rings is 2. The van der Waals surface area contributed by atoms with Crippen molar-refractivity contribution in [2.45, 2.75) is 25.9 Å². The van der Waals surface area contributed by atoms with Gasteiger partial charge in [-0.25, -0.2) is 9.37 Å². The summed E-state index contributed by atoms with van der Waals surface area (Å²) >= 11 is 0. The van der Waals surface area contributed by atoms with Crippen LogP contribution in [0.2, 0.25) is 0 Å². The monoisotopic (exact) mass is 460 g/mol. The number of halogens is 1. The summed E-state index contributed by atoms with van der Waals surface area (Å²) < 4.78 is 20.5. The molecule has 174 valence electrons. The molecule has 1 fully saturated rings. The molecule has 4 aromatic rings. The molecular weight excluding hydrogens is 435 g/mol. The Kier molecular flexibility index (Phi) is 6.44. The van der Waals surface area contributed by atoms with E-state index in [1.165, 1.54) is 12.1 Å². The SMILES string of the molecule is O=C(NCc1ccc(-n2ccnc2)cc1)C1CCCN(Cc2nc(-c3ccc(F)cc3)no2)C1. The first-order chi connectivity index (χ1) is 16.6. The molecule has 1 aliphatic rings. The highest BCUT2D eigenvalue weighted by Gasteiger charge is 2.26. The summed E-state index contributed by atoms with van der Waals surface area (Å²) in [6.45, 7) is 2.48. The van der Waals surface area contributed by atoms with Gasteiger partial charge in [-0.1, -0.05) is 17.3 Å². The fourth-order valence-electron chi connectivity index (χ4n) is 4.17. The third-order valence-electron chi connectivity index (χ3n) is 6.01. The molecule has 1 atom stereocenters. The van der Waals surface area contributed by atoms with Crippen LogP contribution in [0.3, 0.4) is 0 Å². The Labute approximate surface area is 196 Å². The standard InChI is InChI=1S/C25H25FN6O2/c26-21-7-5-19(6-8-21)24-29-23(34-30-24)16-31-12-1-2-20(15-31)25(33)28-14-18-3-9-22(10-4-18)32-13-11-27-17-32/h3-11,13,17,20H,1-2,12,14-16H2,(H,28,33). The van der Waals surface area contributed by atoms with Gasteiger partial charge in [-0.05, 0) is 61.3 Å². The Morgan fingerprint density at radius 2 is 1.97 bits per heavy atom. The Morgan fingerprint density at radius 3 is 2.74 bits per heavy atom. The first kappa shape index (κ1) is 22.0. The van der Waals surface area contributed by atoms with E-state index >= 15 is 0 Å². The van der Waals surface area contributed by atoms with Crippen LogP contribution in [0.25, 0.3) is 17.1 Å². The van der Waals surface area contributed by atoms with E-state index in [1.807, 2.05) is 35.0 Å². The van der Waals surface area contributed by atoms with Crippen LogP contribution < -0.4 is 5.32 Å². The summed E-state index contributed by atoms with van der Waals surface area (Å²) in [4.78, 5) is 23.5. The van der Waals surface area contributed by atoms with E-state index < -0.39 is 0 Å². The predicted molar refractivity (Wildman–Crippen MR) is 123 cm³/mol. The van der Waals surface area contributed by atoms with Gasteiger partial charge in [-0.2, -0.15) is 4.98 Å². The van der Waals surface area contributed by atoms with Crippen molar-refractivity contribution in [3.63, 3.8) is 0 Å². The largest absolute Gasteiger partial charge is 0.352 e. The van der Waals surface area contributed by atoms with Crippen molar-refractivity contribution in [2.75, 3.05) is 13.1 Å². The minimum atomic E-state index is -0.309. The van der Waals surface area contributed by atoms with Crippen molar-refractivity contribution in [3.05, 3.63) is 84.5 Å². The van der Waals surface area contributed by atoms with Crippen molar-refractivity contribution < 1.29 is 13.7 Å². The lowest BCUT2D eigenvalue weighted by Gasteiger charge is -2.30. The van der Waals surface area contributed by atoms with E-state index in [0.717, 1.165) is 30.6 Å². The van der Waals surface area contributed by atoms with Crippen LogP contribution in [0.4, 0.5) is 4.39 Å². The van der Waals surface area contributed by atoms with Crippen LogP contribution >= 0.6 is 0 Å². The molecule has 2 aromatic carbocycles. The van der Waals surface area contributed by atoms with Gasteiger partial charge < -0.3 is 14.4 Å². The van der Waals surface area contributed by atoms with Crippen LogP contribution in [-0.2, 0) is 17.9 Å². The van der Waals surface area contributed by atoms with E-state index in [9.17, 15) is 9.18 Å². The zero-order chi connectivity index (χ0) is 23.3. The average molecular weight is 461 g/mol. The van der Waals surface area contributed by atoms with Crippen molar-refractivity contribution in [1.82, 2.24) is 29.9 Å². The van der Waals surface area contributed by atoms with E-state index in [0.29, 0.717) is 36.9 Å². The molecule has 1 N–H and O–H groups in total. The molecule has 1 saturated heterocycles. The second-order valence-corrected chi connectivity index (χ2v) is 8.45. The molecule has 0 radical (unpaired) electrons. The fraction of sp³-hybridized carbons (Fsp3) is 0.280. The minimum Gasteiger partial charge on any atom is -0.352 e. The van der Waals surface area contributed by atoms with Gasteiger partial charge in [0.25, 0.3) is 0 Å². The number of amides is 1. The Bertz CT molecular complexity index is 1220. The van der Waals surface area contributed by atoms with Crippen LogP contribution in [0.1, 0.15) is 24.3 Å². The number of hydrogen-bond donors (Lipinski definition) is 1. The average Bonchev–Trinajstić information content (AvgIpc) is 3.56. The van der Waals surface area contributed by atoms with Gasteiger partial charge >= 0.3 is 0 Å². The number of nitrogens with zero attached hydrogens (tertiary/aromatic N) is 5. The van der Waals surface area contributed by atoms with Gasteiger partial charge in [0.15, 0.2) is 0 Å². The molecule has 0 spiro atoms. The lowest BCUT2D eigenvalue weighted by Crippen LogP contribution is -2.42. The first-order valence-corrected chi connectivity index (χ1v) is 11.3. The third kappa shape index (κ3) is 5.20. The van der Waals surface area contributed by atoms with Gasteiger partial charge in [-0.15, -0.1) is 0 Å². The van der Waals surface area contributed by atoms with Gasteiger partial charge in [0.05, 0.1) is 18.8 Å². The van der Waals surface area contributed by atoms with Gasteiger partial charge in [-0.3, -0.25) is 9.69 Å². The topological polar surface area (TPSA) is 89.1 Å². The van der Waals surface area contributed by atoms with E-state index in [1.54, 1.807) is 24.7 Å². The van der Waals surface area contributed by atoms with E-state index in [-0.39, 0.29) is 17.6 Å². The maximum absolute atomic E-state index is 13.1. The molecule has 0 bridgehead atoms. The zero-order valence-corrected chi connectivity index (χ0v) is 18.6. The molecule has 3 heterocycles. The van der Waals surface area contributed by atoms with E-state index in [2.05, 4.69) is 25.3 Å². The highest BCUT2D eigenvalue weighted by atomic mass is 19.1. The Hall–Kier alpha value is -3.85. The predicted octanol–water partition coefficient (Wildman–Crippen LogP) is 3.59. The molecular formula is C25H25FN6O2. The van der Waals surface area contributed by atoms with Crippen molar-refractivity contribution >= 4 is 5.91 Å². The van der Waals surface area contributed by atoms with Crippen molar-refractivity contribution in [1.29, 1.82) is 0 Å². The maximum atomic E-state index is 13.1. The number of carbonyl (C=O) groups excluding carboxylic acids is 1. The second kappa shape index (κ2) is 9.96. The second-order valence-electron chi connectivity index (χ2n) is 8.45. The quantitative estimate of drug-likeness (QED) is 0.453. The highest BCUT2D eigenvalue weighted by molar-refractivity contribution is 5.79. The summed E-state index contributed by atoms with van der Waals surface area (Å²) in [7, 11) is 0. The molecule has 1 amide bonds. The summed E-state index contributed by atoms with van der Waals surface area (Å²) in [5.41, 5.74) is 2.77. The smallest absolute Gasteiger partial charge is 0.241 e. The highest BCUT2D eigenvalue weighted by Crippen LogP contribution is 2.21. The van der Waals surface area contributed by atoms with Gasteiger partial charge in [0.1, 0.15) is 5.82 Å². The number of rotatable bonds is 7. The van der Waals surface area contributed by atoms with Crippen molar-refractivity contribution in [2.24, 2.45) is 5.92 Å². The minimum absolute atomic E-state index is 0.0564. The molecule has 0 aliphatic carbocycles.